The van der Waals surface area contributed by atoms with Gasteiger partial charge in [0.25, 0.3) is 5.91 Å². The summed E-state index contributed by atoms with van der Waals surface area (Å²) in [6.45, 7) is 3.46. The molecule has 0 aliphatic carbocycles. The molecule has 134 valence electrons. The van der Waals surface area contributed by atoms with E-state index in [2.05, 4.69) is 38.4 Å². The Labute approximate surface area is 158 Å². The zero-order valence-corrected chi connectivity index (χ0v) is 15.0. The van der Waals surface area contributed by atoms with E-state index in [1.807, 2.05) is 25.1 Å². The van der Waals surface area contributed by atoms with Crippen molar-refractivity contribution in [2.45, 2.75) is 13.5 Å². The van der Waals surface area contributed by atoms with Crippen molar-refractivity contribution in [3.8, 4) is 6.07 Å². The van der Waals surface area contributed by atoms with Gasteiger partial charge in [-0.2, -0.15) is 5.26 Å². The first-order valence-electron chi connectivity index (χ1n) is 8.62. The molecule has 1 N–H and O–H groups in total. The Morgan fingerprint density at radius 1 is 1.11 bits per heavy atom. The van der Waals surface area contributed by atoms with Crippen LogP contribution in [-0.4, -0.2) is 22.4 Å². The van der Waals surface area contributed by atoms with E-state index in [-0.39, 0.29) is 11.6 Å². The van der Waals surface area contributed by atoms with Crippen molar-refractivity contribution >= 4 is 17.4 Å². The van der Waals surface area contributed by atoms with Crippen LogP contribution in [0.3, 0.4) is 0 Å². The molecule has 6 nitrogen and oxygen atoms in total. The normalized spacial score (nSPS) is 10.1. The number of aromatic nitrogens is 2. The molecule has 1 heterocycles. The standard InChI is InChI=1S/C21H19N5O/c1-2-26(14-16-8-4-3-5-9-16)20-12-19(23-15-24-20)21(27)25-18-11-7-6-10-17(18)13-22/h3-12,15H,2,14H2,1H3,(H,25,27). The van der Waals surface area contributed by atoms with Crippen LogP contribution in [0.2, 0.25) is 0 Å². The van der Waals surface area contributed by atoms with Crippen LogP contribution in [0.25, 0.3) is 0 Å². The second-order valence-corrected chi connectivity index (χ2v) is 5.87. The molecule has 0 aliphatic rings. The van der Waals surface area contributed by atoms with Crippen molar-refractivity contribution in [3.63, 3.8) is 0 Å². The number of amides is 1. The van der Waals surface area contributed by atoms with Crippen LogP contribution in [0.4, 0.5) is 11.5 Å². The van der Waals surface area contributed by atoms with E-state index in [4.69, 9.17) is 5.26 Å². The van der Waals surface area contributed by atoms with Crippen LogP contribution < -0.4 is 10.2 Å². The molecule has 1 amide bonds. The maximum atomic E-state index is 12.6. The summed E-state index contributed by atoms with van der Waals surface area (Å²) >= 11 is 0. The van der Waals surface area contributed by atoms with E-state index in [9.17, 15) is 4.79 Å². The van der Waals surface area contributed by atoms with Crippen molar-refractivity contribution in [3.05, 3.63) is 83.8 Å². The van der Waals surface area contributed by atoms with Gasteiger partial charge in [0.15, 0.2) is 0 Å². The summed E-state index contributed by atoms with van der Waals surface area (Å²) in [7, 11) is 0. The first-order chi connectivity index (χ1) is 13.2. The molecule has 0 unspecified atom stereocenters. The Bertz CT molecular complexity index is 966. The zero-order chi connectivity index (χ0) is 19.1. The van der Waals surface area contributed by atoms with Gasteiger partial charge < -0.3 is 10.2 Å². The number of carbonyl (C=O) groups is 1. The number of nitriles is 1. The van der Waals surface area contributed by atoms with E-state index in [1.165, 1.54) is 6.33 Å². The lowest BCUT2D eigenvalue weighted by Gasteiger charge is -2.22. The Morgan fingerprint density at radius 2 is 1.85 bits per heavy atom. The summed E-state index contributed by atoms with van der Waals surface area (Å²) in [5.41, 5.74) is 2.27. The number of anilines is 2. The average molecular weight is 357 g/mol. The molecule has 0 saturated carbocycles. The molecular formula is C21H19N5O. The van der Waals surface area contributed by atoms with Crippen LogP contribution in [0.5, 0.6) is 0 Å². The number of carbonyl (C=O) groups excluding carboxylic acids is 1. The molecule has 2 aromatic carbocycles. The van der Waals surface area contributed by atoms with Crippen molar-refractivity contribution in [1.29, 1.82) is 5.26 Å². The first-order valence-corrected chi connectivity index (χ1v) is 8.62. The van der Waals surface area contributed by atoms with Gasteiger partial charge in [-0.3, -0.25) is 4.79 Å². The molecule has 0 bridgehead atoms. The fraction of sp³-hybridized carbons (Fsp3) is 0.143. The van der Waals surface area contributed by atoms with Gasteiger partial charge >= 0.3 is 0 Å². The minimum Gasteiger partial charge on any atom is -0.352 e. The van der Waals surface area contributed by atoms with E-state index >= 15 is 0 Å². The highest BCUT2D eigenvalue weighted by molar-refractivity contribution is 6.03. The zero-order valence-electron chi connectivity index (χ0n) is 15.0. The van der Waals surface area contributed by atoms with E-state index in [0.717, 1.165) is 12.1 Å². The number of benzene rings is 2. The van der Waals surface area contributed by atoms with Crippen molar-refractivity contribution in [2.75, 3.05) is 16.8 Å². The van der Waals surface area contributed by atoms with Crippen LogP contribution in [-0.2, 0) is 6.54 Å². The predicted molar refractivity (Wildman–Crippen MR) is 104 cm³/mol. The SMILES string of the molecule is CCN(Cc1ccccc1)c1cc(C(=O)Nc2ccccc2C#N)ncn1. The number of rotatable bonds is 6. The lowest BCUT2D eigenvalue weighted by molar-refractivity contribution is 0.102. The molecule has 0 spiro atoms. The van der Waals surface area contributed by atoms with Gasteiger partial charge in [0.2, 0.25) is 0 Å². The summed E-state index contributed by atoms with van der Waals surface area (Å²) in [4.78, 5) is 23.0. The van der Waals surface area contributed by atoms with Gasteiger partial charge in [-0.05, 0) is 24.6 Å². The summed E-state index contributed by atoms with van der Waals surface area (Å²) in [6, 6.07) is 20.7. The Hall–Kier alpha value is -3.72. The van der Waals surface area contributed by atoms with Gasteiger partial charge in [-0.15, -0.1) is 0 Å². The summed E-state index contributed by atoms with van der Waals surface area (Å²) in [5, 5.41) is 11.9. The highest BCUT2D eigenvalue weighted by Crippen LogP contribution is 2.17. The number of nitrogens with one attached hydrogen (secondary N) is 1. The van der Waals surface area contributed by atoms with E-state index in [0.29, 0.717) is 23.6 Å². The average Bonchev–Trinajstić information content (AvgIpc) is 2.73. The third-order valence-corrected chi connectivity index (χ3v) is 4.10. The molecule has 0 radical (unpaired) electrons. The quantitative estimate of drug-likeness (QED) is 0.728. The molecule has 0 aliphatic heterocycles. The Balaban J connectivity index is 1.80. The topological polar surface area (TPSA) is 81.9 Å². The number of nitrogens with zero attached hydrogens (tertiary/aromatic N) is 4. The molecule has 3 rings (SSSR count). The summed E-state index contributed by atoms with van der Waals surface area (Å²) < 4.78 is 0. The van der Waals surface area contributed by atoms with Crippen LogP contribution in [0.15, 0.2) is 67.0 Å². The van der Waals surface area contributed by atoms with E-state index in [1.54, 1.807) is 30.3 Å². The van der Waals surface area contributed by atoms with Crippen LogP contribution in [0, 0.1) is 11.3 Å². The summed E-state index contributed by atoms with van der Waals surface area (Å²) in [6.07, 6.45) is 1.38. The Kier molecular flexibility index (Phi) is 5.75. The molecule has 3 aromatic rings. The molecule has 0 atom stereocenters. The van der Waals surface area contributed by atoms with Crippen molar-refractivity contribution in [1.82, 2.24) is 9.97 Å². The Morgan fingerprint density at radius 3 is 2.59 bits per heavy atom. The highest BCUT2D eigenvalue weighted by atomic mass is 16.1. The molecule has 6 heteroatoms. The molecular weight excluding hydrogens is 338 g/mol. The first kappa shape index (κ1) is 18.1. The van der Waals surface area contributed by atoms with Gasteiger partial charge in [0, 0.05) is 19.2 Å². The summed E-state index contributed by atoms with van der Waals surface area (Å²) in [5.74, 6) is 0.298. The lowest BCUT2D eigenvalue weighted by Crippen LogP contribution is -2.24. The van der Waals surface area contributed by atoms with Crippen LogP contribution in [0.1, 0.15) is 28.5 Å². The number of para-hydroxylation sites is 1. The maximum Gasteiger partial charge on any atom is 0.274 e. The van der Waals surface area contributed by atoms with Gasteiger partial charge in [-0.1, -0.05) is 42.5 Å². The van der Waals surface area contributed by atoms with Crippen LogP contribution >= 0.6 is 0 Å². The lowest BCUT2D eigenvalue weighted by atomic mass is 10.2. The second-order valence-electron chi connectivity index (χ2n) is 5.87. The minimum absolute atomic E-state index is 0.249. The molecule has 0 saturated heterocycles. The number of hydrogen-bond donors (Lipinski definition) is 1. The fourth-order valence-electron chi connectivity index (χ4n) is 2.68. The maximum absolute atomic E-state index is 12.6. The largest absolute Gasteiger partial charge is 0.352 e. The fourth-order valence-corrected chi connectivity index (χ4v) is 2.68. The highest BCUT2D eigenvalue weighted by Gasteiger charge is 2.14. The van der Waals surface area contributed by atoms with Crippen molar-refractivity contribution < 1.29 is 4.79 Å². The van der Waals surface area contributed by atoms with Crippen molar-refractivity contribution in [2.24, 2.45) is 0 Å². The smallest absolute Gasteiger partial charge is 0.274 e. The third kappa shape index (κ3) is 4.47. The van der Waals surface area contributed by atoms with Gasteiger partial charge in [0.1, 0.15) is 23.9 Å². The van der Waals surface area contributed by atoms with Gasteiger partial charge in [0.05, 0.1) is 11.3 Å². The van der Waals surface area contributed by atoms with Gasteiger partial charge in [-0.25, -0.2) is 9.97 Å². The third-order valence-electron chi connectivity index (χ3n) is 4.10. The second kappa shape index (κ2) is 8.59. The number of hydrogen-bond acceptors (Lipinski definition) is 5. The predicted octanol–water partition coefficient (Wildman–Crippen LogP) is 3.63. The monoisotopic (exact) mass is 357 g/mol. The molecule has 0 fully saturated rings. The molecule has 1 aromatic heterocycles. The van der Waals surface area contributed by atoms with E-state index < -0.39 is 0 Å². The minimum atomic E-state index is -0.378. The molecule has 27 heavy (non-hydrogen) atoms.